The number of anilines is 2. The van der Waals surface area contributed by atoms with Crippen molar-refractivity contribution in [1.29, 1.82) is 0 Å². The van der Waals surface area contributed by atoms with Crippen molar-refractivity contribution in [3.05, 3.63) is 372 Å². The van der Waals surface area contributed by atoms with Crippen LogP contribution in [0.25, 0.3) is 22.2 Å². The average Bonchev–Trinajstić information content (AvgIpc) is 1.67. The van der Waals surface area contributed by atoms with Gasteiger partial charge in [0.25, 0.3) is 5.97 Å². The van der Waals surface area contributed by atoms with Gasteiger partial charge in [0.05, 0.1) is 11.4 Å². The molecule has 0 spiro atoms. The summed E-state index contributed by atoms with van der Waals surface area (Å²) in [7, 11) is 9.90. The number of nitrogens with one attached hydrogen (secondary N) is 3. The number of nitrogen functional groups attached to an aromatic ring is 1. The third-order valence-electron chi connectivity index (χ3n) is 15.0. The van der Waals surface area contributed by atoms with Crippen molar-refractivity contribution in [2.24, 2.45) is 10.9 Å². The molecular formula is C92H105Cl2N5O9Zn. The molecule has 12 aromatic carbocycles. The molecule has 6 N–H and O–H groups in total. The van der Waals surface area contributed by atoms with E-state index in [2.05, 4.69) is 99.8 Å². The first kappa shape index (κ1) is 93.6. The number of aromatic amines is 1. The molecule has 0 amide bonds. The molecule has 14 nitrogen and oxygen atoms in total. The predicted molar refractivity (Wildman–Crippen MR) is 453 cm³/mol. The maximum atomic E-state index is 11.1. The fourth-order valence-electron chi connectivity index (χ4n) is 9.60. The molecule has 0 saturated carbocycles. The number of rotatable bonds is 24. The number of fused-ring (bicyclic) bond motifs is 1. The maximum absolute atomic E-state index is 11.1. The van der Waals surface area contributed by atoms with Crippen LogP contribution in [0.1, 0.15) is 115 Å². The predicted octanol–water partition coefficient (Wildman–Crippen LogP) is 25.0. The van der Waals surface area contributed by atoms with Crippen molar-refractivity contribution >= 4 is 59.1 Å². The second-order valence-corrected chi connectivity index (χ2v) is 27.5. The van der Waals surface area contributed by atoms with Gasteiger partial charge in [-0.3, -0.25) is 20.9 Å². The number of aromatic nitrogens is 1. The van der Waals surface area contributed by atoms with Gasteiger partial charge in [-0.25, -0.2) is 0 Å². The number of nitrogens with zero attached hydrogens (tertiary/aromatic N) is 1. The van der Waals surface area contributed by atoms with Crippen LogP contribution in [0.3, 0.4) is 0 Å². The molecule has 109 heavy (non-hydrogen) atoms. The SMILES string of the molecule is C.C.C.C.C.C.C/C(=N\Nc1ccc(OCc2ccccc2)cc1)c1ccc(OCc2ccccc2)cc1.CC(=O)O.CC(=O)c1ccc(OCc2ccccc2)cc1.NNc1ccc(OCc2ccccc2)cc1.[Cl][Zn][Cl].c1ccc(COc2ccc(-c3cc4cc(OCc5ccccc5)ccc4[nH]3)cc2)cc1. The number of carboxylic acids is 1. The number of nitrogens with two attached hydrogens (primary N) is 1. The largest absolute Gasteiger partial charge is 0.489 e. The summed E-state index contributed by atoms with van der Waals surface area (Å²) in [6.07, 6.45) is 0. The minimum Gasteiger partial charge on any atom is -0.489 e. The van der Waals surface area contributed by atoms with Crippen LogP contribution < -0.4 is 45.1 Å². The number of carboxylic acid groups (broad SMARTS) is 1. The first-order valence-corrected chi connectivity index (χ1v) is 40.9. The number of carbonyl (C=O) groups is 2. The Morgan fingerprint density at radius 2 is 0.642 bits per heavy atom. The molecule has 17 heteroatoms. The van der Waals surface area contributed by atoms with Gasteiger partial charge in [0.15, 0.2) is 5.78 Å². The first-order chi connectivity index (χ1) is 50.4. The molecule has 0 radical (unpaired) electrons. The number of ether oxygens (including phenoxy) is 6. The zero-order chi connectivity index (χ0) is 72.5. The fraction of sp³-hybridized carbons (Fsp3) is 0.163. The van der Waals surface area contributed by atoms with Crippen LogP contribution in [0, 0.1) is 0 Å². The van der Waals surface area contributed by atoms with E-state index in [0.717, 1.165) is 120 Å². The van der Waals surface area contributed by atoms with Crippen LogP contribution in [-0.2, 0) is 59.6 Å². The third kappa shape index (κ3) is 35.2. The van der Waals surface area contributed by atoms with E-state index in [1.54, 1.807) is 19.1 Å². The number of aliphatic carboxylic acids is 1. The van der Waals surface area contributed by atoms with E-state index in [0.29, 0.717) is 45.2 Å². The Labute approximate surface area is 662 Å². The van der Waals surface area contributed by atoms with Crippen molar-refractivity contribution in [3.63, 3.8) is 0 Å². The molecule has 568 valence electrons. The molecule has 1 aromatic heterocycles. The molecule has 0 unspecified atom stereocenters. The van der Waals surface area contributed by atoms with Crippen LogP contribution >= 0.6 is 19.4 Å². The Morgan fingerprint density at radius 3 is 0.945 bits per heavy atom. The van der Waals surface area contributed by atoms with Gasteiger partial charge < -0.3 is 43.9 Å². The van der Waals surface area contributed by atoms with Gasteiger partial charge in [-0.1, -0.05) is 227 Å². The second kappa shape index (κ2) is 53.3. The number of hydrazine groups is 1. The van der Waals surface area contributed by atoms with Crippen molar-refractivity contribution in [1.82, 2.24) is 4.98 Å². The maximum Gasteiger partial charge on any atom is 0.120 e. The summed E-state index contributed by atoms with van der Waals surface area (Å²) in [6, 6.07) is 108. The molecule has 0 aliphatic rings. The Hall–Kier alpha value is -11.4. The topological polar surface area (TPSA) is 188 Å². The molecule has 0 aliphatic carbocycles. The van der Waals surface area contributed by atoms with Gasteiger partial charge in [0, 0.05) is 34.8 Å². The van der Waals surface area contributed by atoms with E-state index in [4.69, 9.17) is 63.5 Å². The zero-order valence-corrected chi connectivity index (χ0v) is 62.1. The molecule has 1 heterocycles. The van der Waals surface area contributed by atoms with Gasteiger partial charge in [0.1, 0.15) is 74.1 Å². The third-order valence-corrected chi connectivity index (χ3v) is 15.0. The molecule has 13 rings (SSSR count). The Morgan fingerprint density at radius 1 is 0.376 bits per heavy atom. The number of hydrogen-bond donors (Lipinski definition) is 5. The number of carbonyl (C=O) groups excluding carboxylic acids is 1. The standard InChI is InChI=1S/C28H26N2O2.C28H23NO2.C15H14O2.C13H14N2O.C2H4O2.6CH4.2ClH.Zn/c1-22(25-12-16-27(17-13-25)31-20-23-8-4-2-5-9-23)29-30-26-14-18-28(19-15-26)32-21-24-10-6-3-7-11-24;1-3-7-21(8-4-1)19-30-25-13-11-23(12-14-25)28-18-24-17-26(15-16-27(24)29-28)31-20-22-9-5-2-6-10-22;1-12(16)14-7-9-15(10-8-14)17-11-13-5-3-2-4-6-13;14-15-12-6-8-13(9-7-12)16-10-11-4-2-1-3-5-11;1-2(3)4;;;;;;;;;/h2-19,30H,20-21H2,1H3;1-18,29H,19-20H2;2-10H,11H2,1H3;1-9,15H,10,14H2;1H3,(H,3,4);6*1H4;2*1H;/q;;;;;;;;;;;;;+2/p-2/b29-22+;;;;;;;;;;;;;. The molecule has 0 fully saturated rings. The van der Waals surface area contributed by atoms with Gasteiger partial charge in [-0.2, -0.15) is 5.10 Å². The van der Waals surface area contributed by atoms with Crippen molar-refractivity contribution in [3.8, 4) is 45.8 Å². The van der Waals surface area contributed by atoms with Gasteiger partial charge in [0.2, 0.25) is 0 Å². The number of H-pyrrole nitrogens is 1. The van der Waals surface area contributed by atoms with Gasteiger partial charge in [-0.05, 0) is 204 Å². The number of benzene rings is 12. The zero-order valence-electron chi connectivity index (χ0n) is 57.6. The number of Topliss-reactive ketones (excluding diaryl/α,β-unsaturated/α-hetero) is 1. The van der Waals surface area contributed by atoms with E-state index in [9.17, 15) is 4.79 Å². The van der Waals surface area contributed by atoms with E-state index in [1.165, 1.54) is 0 Å². The monoisotopic (exact) mass is 1560 g/mol. The molecule has 0 bridgehead atoms. The summed E-state index contributed by atoms with van der Waals surface area (Å²) in [5, 5.41) is 13.0. The fourth-order valence-corrected chi connectivity index (χ4v) is 9.60. The molecule has 0 atom stereocenters. The molecule has 0 saturated heterocycles. The van der Waals surface area contributed by atoms with Gasteiger partial charge in [-0.15, -0.1) is 0 Å². The molecular weight excluding hydrogens is 1460 g/mol. The molecule has 13 aromatic rings. The Bertz CT molecular complexity index is 4550. The minimum atomic E-state index is -0.931. The van der Waals surface area contributed by atoms with Crippen LogP contribution in [0.4, 0.5) is 11.4 Å². The summed E-state index contributed by atoms with van der Waals surface area (Å²) in [5.74, 6) is 9.51. The smallest absolute Gasteiger partial charge is 0.120 e. The number of hydrogen-bond acceptors (Lipinski definition) is 12. The van der Waals surface area contributed by atoms with Crippen molar-refractivity contribution in [2.75, 3.05) is 10.9 Å². The van der Waals surface area contributed by atoms with Crippen LogP contribution in [0.15, 0.2) is 333 Å². The van der Waals surface area contributed by atoms with E-state index < -0.39 is 21.1 Å². The van der Waals surface area contributed by atoms with E-state index in [1.807, 2.05) is 244 Å². The summed E-state index contributed by atoms with van der Waals surface area (Å²) in [5.41, 5.74) is 20.3. The van der Waals surface area contributed by atoms with Crippen molar-refractivity contribution < 1.29 is 58.3 Å². The normalized spacial score (nSPS) is 9.65. The summed E-state index contributed by atoms with van der Waals surface area (Å²) < 4.78 is 34.8. The summed E-state index contributed by atoms with van der Waals surface area (Å²) >= 11 is -0.931. The molecule has 0 aliphatic heterocycles. The van der Waals surface area contributed by atoms with Crippen LogP contribution in [-0.4, -0.2) is 27.6 Å². The quantitative estimate of drug-likeness (QED) is 0.0127. The summed E-state index contributed by atoms with van der Waals surface area (Å²) in [6.45, 7) is 7.97. The second-order valence-electron chi connectivity index (χ2n) is 22.8. The number of ketones is 1. The average molecular weight is 1560 g/mol. The number of halogens is 2. The van der Waals surface area contributed by atoms with Gasteiger partial charge >= 0.3 is 34.5 Å². The minimum absolute atomic E-state index is 0. The van der Waals surface area contributed by atoms with E-state index >= 15 is 0 Å². The van der Waals surface area contributed by atoms with Crippen molar-refractivity contribution in [2.45, 2.75) is 105 Å². The summed E-state index contributed by atoms with van der Waals surface area (Å²) in [4.78, 5) is 23.6. The van der Waals surface area contributed by atoms with Crippen LogP contribution in [0.5, 0.6) is 34.5 Å². The van der Waals surface area contributed by atoms with Crippen LogP contribution in [0.2, 0.25) is 0 Å². The Kier molecular flexibility index (Phi) is 45.8. The Balaban J connectivity index is 0.000000487. The number of hydrazone groups is 1. The first-order valence-electron chi connectivity index (χ1n) is 33.1. The van der Waals surface area contributed by atoms with E-state index in [-0.39, 0.29) is 50.3 Å².